The van der Waals surface area contributed by atoms with E-state index in [0.29, 0.717) is 11.5 Å². The number of hydrogen-bond acceptors (Lipinski definition) is 2. The average Bonchev–Trinajstić information content (AvgIpc) is 2.81. The molecule has 3 heteroatoms. The SMILES string of the molecule is CC(C)(C)C1CCC(n2ncc3ccc(N)cc32)CC1. The topological polar surface area (TPSA) is 43.8 Å². The molecule has 0 spiro atoms. The van der Waals surface area contributed by atoms with Crippen molar-refractivity contribution in [2.45, 2.75) is 52.5 Å². The van der Waals surface area contributed by atoms with Crippen LogP contribution in [0.15, 0.2) is 24.4 Å². The highest BCUT2D eigenvalue weighted by Crippen LogP contribution is 2.41. The van der Waals surface area contributed by atoms with Crippen molar-refractivity contribution in [3.63, 3.8) is 0 Å². The van der Waals surface area contributed by atoms with Crippen LogP contribution < -0.4 is 5.73 Å². The first-order chi connectivity index (χ1) is 9.45. The molecule has 1 heterocycles. The van der Waals surface area contributed by atoms with E-state index in [4.69, 9.17) is 5.73 Å². The molecule has 1 aromatic carbocycles. The van der Waals surface area contributed by atoms with Crippen molar-refractivity contribution >= 4 is 16.6 Å². The van der Waals surface area contributed by atoms with E-state index in [1.165, 1.54) is 36.6 Å². The first kappa shape index (κ1) is 13.5. The summed E-state index contributed by atoms with van der Waals surface area (Å²) in [6, 6.07) is 6.60. The van der Waals surface area contributed by atoms with Crippen LogP contribution in [0.5, 0.6) is 0 Å². The average molecular weight is 271 g/mol. The smallest absolute Gasteiger partial charge is 0.0706 e. The fourth-order valence-electron chi connectivity index (χ4n) is 3.53. The molecular formula is C17H25N3. The highest BCUT2D eigenvalue weighted by Gasteiger charge is 2.30. The fraction of sp³-hybridized carbons (Fsp3) is 0.588. The van der Waals surface area contributed by atoms with Crippen molar-refractivity contribution in [3.05, 3.63) is 24.4 Å². The molecule has 3 nitrogen and oxygen atoms in total. The van der Waals surface area contributed by atoms with Gasteiger partial charge < -0.3 is 5.73 Å². The number of anilines is 1. The molecule has 0 bridgehead atoms. The molecule has 0 aliphatic heterocycles. The van der Waals surface area contributed by atoms with Crippen molar-refractivity contribution < 1.29 is 0 Å². The first-order valence-electron chi connectivity index (χ1n) is 7.68. The Morgan fingerprint density at radius 1 is 1.15 bits per heavy atom. The van der Waals surface area contributed by atoms with Crippen LogP contribution in [0.3, 0.4) is 0 Å². The predicted octanol–water partition coefficient (Wildman–Crippen LogP) is 4.40. The third kappa shape index (κ3) is 2.41. The van der Waals surface area contributed by atoms with Gasteiger partial charge in [0.2, 0.25) is 0 Å². The third-order valence-corrected chi connectivity index (χ3v) is 4.89. The molecule has 1 saturated carbocycles. The summed E-state index contributed by atoms with van der Waals surface area (Å²) in [5, 5.41) is 5.80. The normalized spacial score (nSPS) is 24.1. The second-order valence-electron chi connectivity index (χ2n) is 7.28. The van der Waals surface area contributed by atoms with Crippen LogP contribution in [-0.2, 0) is 0 Å². The molecule has 2 N–H and O–H groups in total. The number of hydrogen-bond donors (Lipinski definition) is 1. The Labute approximate surface area is 121 Å². The van der Waals surface area contributed by atoms with Gasteiger partial charge in [-0.05, 0) is 55.2 Å². The Morgan fingerprint density at radius 2 is 1.85 bits per heavy atom. The van der Waals surface area contributed by atoms with Crippen molar-refractivity contribution in [1.29, 1.82) is 0 Å². The van der Waals surface area contributed by atoms with Gasteiger partial charge in [0, 0.05) is 11.1 Å². The zero-order valence-electron chi connectivity index (χ0n) is 12.8. The molecule has 0 atom stereocenters. The summed E-state index contributed by atoms with van der Waals surface area (Å²) in [5.74, 6) is 0.839. The number of nitrogen functional groups attached to an aromatic ring is 1. The van der Waals surface area contributed by atoms with Gasteiger partial charge in [0.05, 0.1) is 17.8 Å². The summed E-state index contributed by atoms with van der Waals surface area (Å²) in [7, 11) is 0. The molecule has 1 aromatic heterocycles. The Hall–Kier alpha value is -1.51. The van der Waals surface area contributed by atoms with Gasteiger partial charge in [-0.2, -0.15) is 5.10 Å². The maximum Gasteiger partial charge on any atom is 0.0706 e. The van der Waals surface area contributed by atoms with Gasteiger partial charge >= 0.3 is 0 Å². The van der Waals surface area contributed by atoms with Gasteiger partial charge in [-0.25, -0.2) is 0 Å². The quantitative estimate of drug-likeness (QED) is 0.781. The summed E-state index contributed by atoms with van der Waals surface area (Å²) in [4.78, 5) is 0. The second kappa shape index (κ2) is 4.80. The van der Waals surface area contributed by atoms with Crippen LogP contribution in [0.4, 0.5) is 5.69 Å². The lowest BCUT2D eigenvalue weighted by Gasteiger charge is -2.37. The van der Waals surface area contributed by atoms with E-state index in [1.54, 1.807) is 0 Å². The van der Waals surface area contributed by atoms with Gasteiger partial charge in [0.1, 0.15) is 0 Å². The molecule has 0 saturated heterocycles. The Bertz CT molecular complexity index is 598. The molecule has 1 fully saturated rings. The highest BCUT2D eigenvalue weighted by molar-refractivity contribution is 5.81. The highest BCUT2D eigenvalue weighted by atomic mass is 15.3. The van der Waals surface area contributed by atoms with Crippen LogP contribution >= 0.6 is 0 Å². The Balaban J connectivity index is 1.82. The molecule has 0 amide bonds. The summed E-state index contributed by atoms with van der Waals surface area (Å²) < 4.78 is 2.20. The van der Waals surface area contributed by atoms with Gasteiger partial charge in [0.25, 0.3) is 0 Å². The number of fused-ring (bicyclic) bond motifs is 1. The first-order valence-corrected chi connectivity index (χ1v) is 7.68. The number of benzene rings is 1. The minimum atomic E-state index is 0.432. The van der Waals surface area contributed by atoms with Crippen LogP contribution in [0, 0.1) is 11.3 Å². The van der Waals surface area contributed by atoms with Gasteiger partial charge in [-0.1, -0.05) is 20.8 Å². The number of rotatable bonds is 1. The van der Waals surface area contributed by atoms with E-state index in [-0.39, 0.29) is 0 Å². The fourth-order valence-corrected chi connectivity index (χ4v) is 3.53. The van der Waals surface area contributed by atoms with Crippen LogP contribution in [0.1, 0.15) is 52.5 Å². The summed E-state index contributed by atoms with van der Waals surface area (Å²) >= 11 is 0. The molecule has 20 heavy (non-hydrogen) atoms. The Kier molecular flexibility index (Phi) is 3.23. The zero-order valence-corrected chi connectivity index (χ0v) is 12.8. The lowest BCUT2D eigenvalue weighted by atomic mass is 9.71. The molecule has 1 aliphatic carbocycles. The molecule has 1 aliphatic rings. The molecule has 0 radical (unpaired) electrons. The number of nitrogens with zero attached hydrogens (tertiary/aromatic N) is 2. The maximum absolute atomic E-state index is 5.92. The molecule has 0 unspecified atom stereocenters. The Morgan fingerprint density at radius 3 is 2.50 bits per heavy atom. The van der Waals surface area contributed by atoms with Crippen LogP contribution in [-0.4, -0.2) is 9.78 Å². The predicted molar refractivity (Wildman–Crippen MR) is 84.6 cm³/mol. The van der Waals surface area contributed by atoms with E-state index in [0.717, 1.165) is 11.6 Å². The van der Waals surface area contributed by atoms with E-state index in [9.17, 15) is 0 Å². The zero-order chi connectivity index (χ0) is 14.3. The molecule has 2 aromatic rings. The van der Waals surface area contributed by atoms with E-state index in [1.807, 2.05) is 12.3 Å². The largest absolute Gasteiger partial charge is 0.399 e. The lowest BCUT2D eigenvalue weighted by Crippen LogP contribution is -2.27. The number of aromatic nitrogens is 2. The van der Waals surface area contributed by atoms with Gasteiger partial charge in [0.15, 0.2) is 0 Å². The van der Waals surface area contributed by atoms with Crippen LogP contribution in [0.2, 0.25) is 0 Å². The minimum absolute atomic E-state index is 0.432. The van der Waals surface area contributed by atoms with Crippen molar-refractivity contribution in [2.75, 3.05) is 5.73 Å². The monoisotopic (exact) mass is 271 g/mol. The van der Waals surface area contributed by atoms with E-state index in [2.05, 4.69) is 42.7 Å². The molecular weight excluding hydrogens is 246 g/mol. The summed E-state index contributed by atoms with van der Waals surface area (Å²) in [5.41, 5.74) is 8.36. The van der Waals surface area contributed by atoms with E-state index >= 15 is 0 Å². The standard InChI is InChI=1S/C17H25N3/c1-17(2,3)13-5-8-15(9-6-13)20-16-10-14(18)7-4-12(16)11-19-20/h4,7,10-11,13,15H,5-6,8-9,18H2,1-3H3. The van der Waals surface area contributed by atoms with Gasteiger partial charge in [-0.3, -0.25) is 4.68 Å². The molecule has 3 rings (SSSR count). The lowest BCUT2D eigenvalue weighted by molar-refractivity contribution is 0.149. The van der Waals surface area contributed by atoms with Crippen molar-refractivity contribution in [1.82, 2.24) is 9.78 Å². The van der Waals surface area contributed by atoms with E-state index < -0.39 is 0 Å². The van der Waals surface area contributed by atoms with Crippen molar-refractivity contribution in [2.24, 2.45) is 11.3 Å². The minimum Gasteiger partial charge on any atom is -0.399 e. The molecule has 108 valence electrons. The summed E-state index contributed by atoms with van der Waals surface area (Å²) in [6.07, 6.45) is 7.03. The van der Waals surface area contributed by atoms with Gasteiger partial charge in [-0.15, -0.1) is 0 Å². The summed E-state index contributed by atoms with van der Waals surface area (Å²) in [6.45, 7) is 7.09. The number of nitrogens with two attached hydrogens (primary N) is 1. The maximum atomic E-state index is 5.92. The third-order valence-electron chi connectivity index (χ3n) is 4.89. The van der Waals surface area contributed by atoms with Crippen LogP contribution in [0.25, 0.3) is 10.9 Å². The second-order valence-corrected chi connectivity index (χ2v) is 7.28. The van der Waals surface area contributed by atoms with Crippen molar-refractivity contribution in [3.8, 4) is 0 Å².